The normalized spacial score (nSPS) is 10.9. The summed E-state index contributed by atoms with van der Waals surface area (Å²) in [7, 11) is 0. The Labute approximate surface area is 80.4 Å². The smallest absolute Gasteiger partial charge is 0.268 e. The summed E-state index contributed by atoms with van der Waals surface area (Å²) in [5.41, 5.74) is -1.31. The second-order valence-corrected chi connectivity index (χ2v) is 3.46. The minimum atomic E-state index is -0.970. The molecule has 1 aromatic rings. The Morgan fingerprint density at radius 3 is 2.77 bits per heavy atom. The molecule has 4 nitrogen and oxygen atoms in total. The Kier molecular flexibility index (Phi) is 2.39. The molecule has 0 aliphatic carbocycles. The molecule has 0 atom stereocenters. The van der Waals surface area contributed by atoms with Crippen LogP contribution < -0.4 is 5.56 Å². The van der Waals surface area contributed by atoms with Crippen LogP contribution in [0.2, 0.25) is 5.15 Å². The Morgan fingerprint density at radius 1 is 1.62 bits per heavy atom. The Morgan fingerprint density at radius 2 is 2.23 bits per heavy atom. The van der Waals surface area contributed by atoms with Crippen LogP contribution >= 0.6 is 11.6 Å². The highest BCUT2D eigenvalue weighted by Crippen LogP contribution is 2.10. The topological polar surface area (TPSA) is 58.7 Å². The third-order valence-corrected chi connectivity index (χ3v) is 1.77. The van der Waals surface area contributed by atoms with Gasteiger partial charge >= 0.3 is 0 Å². The minimum Gasteiger partial charge on any atom is -0.268 e. The summed E-state index contributed by atoms with van der Waals surface area (Å²) in [5, 5.41) is 12.7. The molecule has 13 heavy (non-hydrogen) atoms. The molecule has 68 valence electrons. The summed E-state index contributed by atoms with van der Waals surface area (Å²) in [4.78, 5) is 11.3. The molecule has 0 saturated carbocycles. The molecule has 0 radical (unpaired) electrons. The van der Waals surface area contributed by atoms with E-state index in [2.05, 4.69) is 5.10 Å². The largest absolute Gasteiger partial charge is 0.268 e. The minimum absolute atomic E-state index is 0.197. The number of hydrogen-bond donors (Lipinski definition) is 0. The van der Waals surface area contributed by atoms with Crippen LogP contribution in [0.3, 0.4) is 0 Å². The first kappa shape index (κ1) is 9.75. The first-order valence-electron chi connectivity index (χ1n) is 3.65. The van der Waals surface area contributed by atoms with Gasteiger partial charge in [0.1, 0.15) is 10.7 Å². The molecule has 0 aliphatic rings. The van der Waals surface area contributed by atoms with Crippen molar-refractivity contribution in [3.05, 3.63) is 27.6 Å². The average Bonchev–Trinajstić information content (AvgIpc) is 2.09. The second-order valence-electron chi connectivity index (χ2n) is 3.08. The van der Waals surface area contributed by atoms with Crippen molar-refractivity contribution in [1.29, 1.82) is 5.26 Å². The van der Waals surface area contributed by atoms with E-state index in [4.69, 9.17) is 16.9 Å². The van der Waals surface area contributed by atoms with Crippen molar-refractivity contribution in [2.45, 2.75) is 19.4 Å². The molecule has 0 fully saturated rings. The Hall–Kier alpha value is -1.34. The van der Waals surface area contributed by atoms with E-state index in [9.17, 15) is 4.79 Å². The van der Waals surface area contributed by atoms with E-state index in [0.717, 1.165) is 4.68 Å². The summed E-state index contributed by atoms with van der Waals surface area (Å²) in [6.45, 7) is 3.19. The lowest BCUT2D eigenvalue weighted by molar-refractivity contribution is 0.397. The molecule has 0 spiro atoms. The highest BCUT2D eigenvalue weighted by molar-refractivity contribution is 6.29. The molecule has 1 rings (SSSR count). The van der Waals surface area contributed by atoms with Crippen LogP contribution in [-0.2, 0) is 5.54 Å². The first-order chi connectivity index (χ1) is 5.97. The summed E-state index contributed by atoms with van der Waals surface area (Å²) in [6, 6.07) is 4.65. The van der Waals surface area contributed by atoms with Crippen LogP contribution in [0.5, 0.6) is 0 Å². The predicted octanol–water partition coefficient (Wildman–Crippen LogP) is 1.16. The second kappa shape index (κ2) is 3.19. The van der Waals surface area contributed by atoms with Crippen LogP contribution in [0.4, 0.5) is 0 Å². The highest BCUT2D eigenvalue weighted by atomic mass is 35.5. The van der Waals surface area contributed by atoms with Crippen molar-refractivity contribution < 1.29 is 0 Å². The molecule has 0 aliphatic heterocycles. The highest BCUT2D eigenvalue weighted by Gasteiger charge is 2.21. The fraction of sp³-hybridized carbons (Fsp3) is 0.375. The molecule has 0 amide bonds. The van der Waals surface area contributed by atoms with Gasteiger partial charge in [-0.2, -0.15) is 10.4 Å². The van der Waals surface area contributed by atoms with Crippen molar-refractivity contribution in [3.63, 3.8) is 0 Å². The zero-order valence-corrected chi connectivity index (χ0v) is 8.04. The molecule has 5 heteroatoms. The average molecular weight is 198 g/mol. The summed E-state index contributed by atoms with van der Waals surface area (Å²) in [6.07, 6.45) is 0. The van der Waals surface area contributed by atoms with E-state index in [-0.39, 0.29) is 10.7 Å². The van der Waals surface area contributed by atoms with Gasteiger partial charge < -0.3 is 0 Å². The van der Waals surface area contributed by atoms with Crippen LogP contribution in [0.1, 0.15) is 13.8 Å². The Bertz CT molecular complexity index is 416. The van der Waals surface area contributed by atoms with Gasteiger partial charge in [0.15, 0.2) is 0 Å². The maximum Gasteiger partial charge on any atom is 0.268 e. The first-order valence-corrected chi connectivity index (χ1v) is 4.03. The van der Waals surface area contributed by atoms with Crippen molar-refractivity contribution in [2.24, 2.45) is 0 Å². The van der Waals surface area contributed by atoms with Crippen LogP contribution in [0.25, 0.3) is 0 Å². The SMILES string of the molecule is CC(C)(C#N)n1nc(Cl)ccc1=O. The molecule has 0 aromatic carbocycles. The lowest BCUT2D eigenvalue weighted by Crippen LogP contribution is -2.36. The lowest BCUT2D eigenvalue weighted by Gasteiger charge is -2.16. The van der Waals surface area contributed by atoms with Gasteiger partial charge in [0, 0.05) is 6.07 Å². The fourth-order valence-electron chi connectivity index (χ4n) is 0.837. The molecule has 1 aromatic heterocycles. The standard InChI is InChI=1S/C8H8ClN3O/c1-8(2,5-10)12-7(13)4-3-6(9)11-12/h3-4H,1-2H3. The molecule has 0 bridgehead atoms. The van der Waals surface area contributed by atoms with Crippen LogP contribution in [-0.4, -0.2) is 9.78 Å². The van der Waals surface area contributed by atoms with Crippen LogP contribution in [0.15, 0.2) is 16.9 Å². The van der Waals surface area contributed by atoms with Crippen LogP contribution in [0, 0.1) is 11.3 Å². The van der Waals surface area contributed by atoms with Gasteiger partial charge in [-0.3, -0.25) is 4.79 Å². The van der Waals surface area contributed by atoms with Gasteiger partial charge in [0.2, 0.25) is 0 Å². The number of rotatable bonds is 1. The monoisotopic (exact) mass is 197 g/mol. The predicted molar refractivity (Wildman–Crippen MR) is 48.4 cm³/mol. The van der Waals surface area contributed by atoms with Crippen molar-refractivity contribution in [3.8, 4) is 6.07 Å². The van der Waals surface area contributed by atoms with Gasteiger partial charge in [0.05, 0.1) is 6.07 Å². The van der Waals surface area contributed by atoms with E-state index in [1.807, 2.05) is 6.07 Å². The number of hydrogen-bond acceptors (Lipinski definition) is 3. The number of nitrogens with zero attached hydrogens (tertiary/aromatic N) is 3. The van der Waals surface area contributed by atoms with Gasteiger partial charge in [0.25, 0.3) is 5.56 Å². The van der Waals surface area contributed by atoms with Gasteiger partial charge in [-0.05, 0) is 19.9 Å². The van der Waals surface area contributed by atoms with E-state index >= 15 is 0 Å². The van der Waals surface area contributed by atoms with Crippen molar-refractivity contribution in [1.82, 2.24) is 9.78 Å². The number of halogens is 1. The molecule has 0 unspecified atom stereocenters. The fourth-order valence-corrected chi connectivity index (χ4v) is 0.975. The zero-order chi connectivity index (χ0) is 10.1. The Balaban J connectivity index is 3.39. The van der Waals surface area contributed by atoms with Crippen molar-refractivity contribution in [2.75, 3.05) is 0 Å². The van der Waals surface area contributed by atoms with Gasteiger partial charge in [-0.15, -0.1) is 0 Å². The third-order valence-electron chi connectivity index (χ3n) is 1.57. The third kappa shape index (κ3) is 1.87. The van der Waals surface area contributed by atoms with E-state index in [1.54, 1.807) is 13.8 Å². The number of nitriles is 1. The van der Waals surface area contributed by atoms with E-state index < -0.39 is 5.54 Å². The van der Waals surface area contributed by atoms with Crippen molar-refractivity contribution >= 4 is 11.6 Å². The molecular formula is C8H8ClN3O. The summed E-state index contributed by atoms with van der Waals surface area (Å²) < 4.78 is 1.06. The van der Waals surface area contributed by atoms with E-state index in [0.29, 0.717) is 0 Å². The summed E-state index contributed by atoms with van der Waals surface area (Å²) >= 11 is 5.60. The quantitative estimate of drug-likeness (QED) is 0.679. The molecule has 0 N–H and O–H groups in total. The van der Waals surface area contributed by atoms with Gasteiger partial charge in [-0.1, -0.05) is 11.6 Å². The summed E-state index contributed by atoms with van der Waals surface area (Å²) in [5.74, 6) is 0. The lowest BCUT2D eigenvalue weighted by atomic mass is 10.1. The molecular weight excluding hydrogens is 190 g/mol. The zero-order valence-electron chi connectivity index (χ0n) is 7.28. The molecule has 0 saturated heterocycles. The van der Waals surface area contributed by atoms with E-state index in [1.165, 1.54) is 12.1 Å². The maximum atomic E-state index is 11.3. The van der Waals surface area contributed by atoms with Gasteiger partial charge in [-0.25, -0.2) is 4.68 Å². The number of aromatic nitrogens is 2. The maximum absolute atomic E-state index is 11.3. The molecule has 1 heterocycles.